The van der Waals surface area contributed by atoms with Gasteiger partial charge >= 0.3 is 0 Å². The molecule has 102 valence electrons. The van der Waals surface area contributed by atoms with Crippen LogP contribution >= 0.6 is 0 Å². The van der Waals surface area contributed by atoms with Crippen LogP contribution in [0.1, 0.15) is 31.5 Å². The van der Waals surface area contributed by atoms with E-state index < -0.39 is 0 Å². The van der Waals surface area contributed by atoms with Crippen LogP contribution in [-0.4, -0.2) is 37.6 Å². The number of rotatable bonds is 3. The molecule has 3 rings (SSSR count). The zero-order valence-electron chi connectivity index (χ0n) is 11.1. The molecule has 0 saturated heterocycles. The monoisotopic (exact) mass is 261 g/mol. The van der Waals surface area contributed by atoms with Gasteiger partial charge in [0.25, 0.3) is 0 Å². The van der Waals surface area contributed by atoms with Gasteiger partial charge in [0.05, 0.1) is 6.10 Å². The quantitative estimate of drug-likeness (QED) is 0.873. The SMILES string of the molecule is Cc1nnc2ccc(NC[C@H]3CCCC[C@H]3O)nn12. The summed E-state index contributed by atoms with van der Waals surface area (Å²) >= 11 is 0. The van der Waals surface area contributed by atoms with Crippen molar-refractivity contribution in [3.05, 3.63) is 18.0 Å². The van der Waals surface area contributed by atoms with E-state index in [9.17, 15) is 5.11 Å². The summed E-state index contributed by atoms with van der Waals surface area (Å²) in [6.45, 7) is 2.64. The largest absolute Gasteiger partial charge is 0.393 e. The maximum absolute atomic E-state index is 9.94. The highest BCUT2D eigenvalue weighted by atomic mass is 16.3. The Labute approximate surface area is 111 Å². The average molecular weight is 261 g/mol. The summed E-state index contributed by atoms with van der Waals surface area (Å²) in [6, 6.07) is 3.80. The lowest BCUT2D eigenvalue weighted by Gasteiger charge is -2.27. The topological polar surface area (TPSA) is 75.3 Å². The van der Waals surface area contributed by atoms with Crippen LogP contribution < -0.4 is 5.32 Å². The van der Waals surface area contributed by atoms with Crippen LogP contribution in [0, 0.1) is 12.8 Å². The summed E-state index contributed by atoms with van der Waals surface area (Å²) in [7, 11) is 0. The van der Waals surface area contributed by atoms with Gasteiger partial charge in [-0.15, -0.1) is 15.3 Å². The molecule has 1 fully saturated rings. The Hall–Kier alpha value is -1.69. The van der Waals surface area contributed by atoms with Crippen LogP contribution in [0.5, 0.6) is 0 Å². The number of fused-ring (bicyclic) bond motifs is 1. The third-order valence-electron chi connectivity index (χ3n) is 3.83. The van der Waals surface area contributed by atoms with Crippen molar-refractivity contribution in [1.29, 1.82) is 0 Å². The van der Waals surface area contributed by atoms with E-state index >= 15 is 0 Å². The number of aliphatic hydroxyl groups excluding tert-OH is 1. The van der Waals surface area contributed by atoms with Crippen LogP contribution in [-0.2, 0) is 0 Å². The van der Waals surface area contributed by atoms with Crippen molar-refractivity contribution >= 4 is 11.5 Å². The number of hydrogen-bond donors (Lipinski definition) is 2. The molecular weight excluding hydrogens is 242 g/mol. The number of aryl methyl sites for hydroxylation is 1. The lowest BCUT2D eigenvalue weighted by atomic mass is 9.86. The van der Waals surface area contributed by atoms with Crippen LogP contribution in [0.15, 0.2) is 12.1 Å². The molecular formula is C13H19N5O. The van der Waals surface area contributed by atoms with Crippen LogP contribution in [0.2, 0.25) is 0 Å². The van der Waals surface area contributed by atoms with E-state index in [1.54, 1.807) is 4.52 Å². The van der Waals surface area contributed by atoms with Crippen molar-refractivity contribution in [2.75, 3.05) is 11.9 Å². The molecule has 2 atom stereocenters. The Bertz CT molecular complexity index is 567. The molecule has 0 aliphatic heterocycles. The normalized spacial score (nSPS) is 23.7. The zero-order valence-corrected chi connectivity index (χ0v) is 11.1. The second-order valence-electron chi connectivity index (χ2n) is 5.23. The van der Waals surface area contributed by atoms with Crippen LogP contribution in [0.25, 0.3) is 5.65 Å². The van der Waals surface area contributed by atoms with Crippen molar-refractivity contribution in [2.45, 2.75) is 38.7 Å². The molecule has 0 radical (unpaired) electrons. The number of nitrogens with one attached hydrogen (secondary N) is 1. The maximum atomic E-state index is 9.94. The third-order valence-corrected chi connectivity index (χ3v) is 3.83. The van der Waals surface area contributed by atoms with Gasteiger partial charge in [0.1, 0.15) is 5.82 Å². The van der Waals surface area contributed by atoms with Crippen molar-refractivity contribution in [1.82, 2.24) is 19.8 Å². The molecule has 6 nitrogen and oxygen atoms in total. The van der Waals surface area contributed by atoms with Crippen molar-refractivity contribution < 1.29 is 5.11 Å². The first-order valence-electron chi connectivity index (χ1n) is 6.85. The van der Waals surface area contributed by atoms with E-state index in [0.717, 1.165) is 43.1 Å². The minimum atomic E-state index is -0.179. The van der Waals surface area contributed by atoms with Crippen LogP contribution in [0.4, 0.5) is 5.82 Å². The van der Waals surface area contributed by atoms with Crippen molar-refractivity contribution in [3.8, 4) is 0 Å². The molecule has 0 aromatic carbocycles. The van der Waals surface area contributed by atoms with E-state index in [1.807, 2.05) is 19.1 Å². The van der Waals surface area contributed by atoms with Crippen molar-refractivity contribution in [2.24, 2.45) is 5.92 Å². The Morgan fingerprint density at radius 3 is 3.00 bits per heavy atom. The fourth-order valence-corrected chi connectivity index (χ4v) is 2.65. The van der Waals surface area contributed by atoms with E-state index in [-0.39, 0.29) is 6.10 Å². The summed E-state index contributed by atoms with van der Waals surface area (Å²) in [5.74, 6) is 1.90. The van der Waals surface area contributed by atoms with Gasteiger partial charge < -0.3 is 10.4 Å². The number of nitrogens with zero attached hydrogens (tertiary/aromatic N) is 4. The van der Waals surface area contributed by atoms with Crippen LogP contribution in [0.3, 0.4) is 0 Å². The van der Waals surface area contributed by atoms with Gasteiger partial charge in [-0.25, -0.2) is 0 Å². The Morgan fingerprint density at radius 1 is 1.32 bits per heavy atom. The van der Waals surface area contributed by atoms with E-state index in [4.69, 9.17) is 0 Å². The second kappa shape index (κ2) is 5.13. The number of anilines is 1. The molecule has 19 heavy (non-hydrogen) atoms. The summed E-state index contributed by atoms with van der Waals surface area (Å²) in [6.07, 6.45) is 4.18. The fraction of sp³-hybridized carbons (Fsp3) is 0.615. The average Bonchev–Trinajstić information content (AvgIpc) is 2.79. The van der Waals surface area contributed by atoms with Gasteiger partial charge in [-0.05, 0) is 31.9 Å². The van der Waals surface area contributed by atoms with Gasteiger partial charge in [0.15, 0.2) is 11.5 Å². The predicted molar refractivity (Wildman–Crippen MR) is 72.0 cm³/mol. The molecule has 2 aromatic rings. The molecule has 6 heteroatoms. The first-order valence-corrected chi connectivity index (χ1v) is 6.85. The Morgan fingerprint density at radius 2 is 2.16 bits per heavy atom. The summed E-state index contributed by atoms with van der Waals surface area (Å²) < 4.78 is 1.72. The number of aliphatic hydroxyl groups is 1. The highest BCUT2D eigenvalue weighted by molar-refractivity contribution is 5.43. The maximum Gasteiger partial charge on any atom is 0.178 e. The minimum absolute atomic E-state index is 0.179. The lowest BCUT2D eigenvalue weighted by molar-refractivity contribution is 0.0763. The highest BCUT2D eigenvalue weighted by Gasteiger charge is 2.22. The van der Waals surface area contributed by atoms with E-state index in [1.165, 1.54) is 6.42 Å². The van der Waals surface area contributed by atoms with Gasteiger partial charge in [-0.2, -0.15) is 4.52 Å². The summed E-state index contributed by atoms with van der Waals surface area (Å²) in [5, 5.41) is 25.7. The van der Waals surface area contributed by atoms with E-state index in [2.05, 4.69) is 20.6 Å². The van der Waals surface area contributed by atoms with E-state index in [0.29, 0.717) is 5.92 Å². The number of aromatic nitrogens is 4. The first-order chi connectivity index (χ1) is 9.24. The standard InChI is InChI=1S/C13H19N5O/c1-9-15-16-13-7-6-12(17-18(9)13)14-8-10-4-2-3-5-11(10)19/h6-7,10-11,19H,2-5,8H2,1H3,(H,14,17)/t10-,11-/m1/s1. The predicted octanol–water partition coefficient (Wildman–Crippen LogP) is 1.40. The highest BCUT2D eigenvalue weighted by Crippen LogP contribution is 2.24. The van der Waals surface area contributed by atoms with Gasteiger partial charge in [0.2, 0.25) is 0 Å². The number of hydrogen-bond acceptors (Lipinski definition) is 5. The summed E-state index contributed by atoms with van der Waals surface area (Å²) in [4.78, 5) is 0. The van der Waals surface area contributed by atoms with Gasteiger partial charge in [0, 0.05) is 12.5 Å². The minimum Gasteiger partial charge on any atom is -0.393 e. The molecule has 0 unspecified atom stereocenters. The lowest BCUT2D eigenvalue weighted by Crippen LogP contribution is -2.30. The van der Waals surface area contributed by atoms with Gasteiger partial charge in [-0.1, -0.05) is 12.8 Å². The fourth-order valence-electron chi connectivity index (χ4n) is 2.65. The van der Waals surface area contributed by atoms with Gasteiger partial charge in [-0.3, -0.25) is 0 Å². The zero-order chi connectivity index (χ0) is 13.2. The smallest absolute Gasteiger partial charge is 0.178 e. The molecule has 2 aromatic heterocycles. The first kappa shape index (κ1) is 12.3. The third kappa shape index (κ3) is 2.53. The molecule has 1 saturated carbocycles. The molecule has 1 aliphatic carbocycles. The molecule has 0 bridgehead atoms. The molecule has 2 N–H and O–H groups in total. The summed E-state index contributed by atoms with van der Waals surface area (Å²) in [5.41, 5.74) is 0.751. The Balaban J connectivity index is 1.69. The molecule has 2 heterocycles. The molecule has 0 amide bonds. The second-order valence-corrected chi connectivity index (χ2v) is 5.23. The molecule has 1 aliphatic rings. The Kier molecular flexibility index (Phi) is 3.33. The van der Waals surface area contributed by atoms with Crippen molar-refractivity contribution in [3.63, 3.8) is 0 Å². The molecule has 0 spiro atoms.